The largest absolute Gasteiger partial charge is 1.00 e. The first-order valence-electron chi connectivity index (χ1n) is 4.77. The summed E-state index contributed by atoms with van der Waals surface area (Å²) in [6.45, 7) is 7.93. The van der Waals surface area contributed by atoms with Gasteiger partial charge in [0.15, 0.2) is 0 Å². The predicted octanol–water partition coefficient (Wildman–Crippen LogP) is -0.929. The zero-order valence-electron chi connectivity index (χ0n) is 9.75. The van der Waals surface area contributed by atoms with Crippen LogP contribution < -0.4 is 35.3 Å². The molecule has 0 saturated carbocycles. The van der Waals surface area contributed by atoms with Gasteiger partial charge < -0.3 is 17.8 Å². The Morgan fingerprint density at radius 1 is 1.57 bits per heavy atom. The van der Waals surface area contributed by atoms with Gasteiger partial charge in [-0.15, -0.1) is 0 Å². The van der Waals surface area contributed by atoms with Crippen molar-refractivity contribution in [2.45, 2.75) is 39.5 Å². The van der Waals surface area contributed by atoms with Gasteiger partial charge in [0.1, 0.15) is 0 Å². The number of carboxylic acids is 1. The molecule has 0 bridgehead atoms. The van der Waals surface area contributed by atoms with Gasteiger partial charge in [0.25, 0.3) is 5.97 Å². The van der Waals surface area contributed by atoms with Gasteiger partial charge in [-0.2, -0.15) is 6.42 Å². The molecule has 0 rings (SSSR count). The Kier molecular flexibility index (Phi) is 22.6. The number of hydrogen-bond donors (Lipinski definition) is 2. The van der Waals surface area contributed by atoms with Crippen molar-refractivity contribution in [3.8, 4) is 0 Å². The molecule has 1 atom stereocenters. The molecule has 0 fully saturated rings. The molecule has 4 heteroatoms. The van der Waals surface area contributed by atoms with Crippen LogP contribution in [0.1, 0.15) is 39.5 Å². The van der Waals surface area contributed by atoms with E-state index in [1.54, 1.807) is 0 Å². The van der Waals surface area contributed by atoms with Gasteiger partial charge in [-0.25, -0.2) is 0 Å². The summed E-state index contributed by atoms with van der Waals surface area (Å²) in [5, 5.41) is 7.42. The minimum Gasteiger partial charge on any atom is -0.481 e. The molecule has 0 aliphatic carbocycles. The average Bonchev–Trinajstić information content (AvgIpc) is 2.06. The summed E-state index contributed by atoms with van der Waals surface area (Å²) in [5.41, 5.74) is 5.48. The Balaban J connectivity index is -0.000000209. The van der Waals surface area contributed by atoms with Crippen LogP contribution in [0.2, 0.25) is 0 Å². The Morgan fingerprint density at radius 2 is 2.00 bits per heavy atom. The van der Waals surface area contributed by atoms with Crippen LogP contribution in [-0.2, 0) is 4.79 Å². The zero-order chi connectivity index (χ0) is 10.7. The molecule has 0 aromatic carbocycles. The Hall–Kier alpha value is 0.430. The normalized spacial score (nSPS) is 10.6. The molecule has 0 saturated heterocycles. The molecule has 0 aromatic rings. The molecule has 1 unspecified atom stereocenters. The third kappa shape index (κ3) is 22.9. The van der Waals surface area contributed by atoms with Crippen molar-refractivity contribution in [2.24, 2.45) is 11.7 Å². The van der Waals surface area contributed by atoms with E-state index in [0.29, 0.717) is 5.92 Å². The fourth-order valence-electron chi connectivity index (χ4n) is 0.873. The number of unbranched alkanes of at least 4 members (excludes halogenated alkanes) is 1. The molecule has 0 aliphatic rings. The Morgan fingerprint density at radius 3 is 2.21 bits per heavy atom. The van der Waals surface area contributed by atoms with Gasteiger partial charge in [0.2, 0.25) is 0 Å². The molecule has 3 nitrogen and oxygen atoms in total. The van der Waals surface area contributed by atoms with Crippen LogP contribution in [0, 0.1) is 12.8 Å². The molecule has 0 aromatic heterocycles. The standard InChI is InChI=1S/C8H18N.C2H4O2.Na/c1-3-5-6-8(4-2)7-9;1-2(3)4;/h8H,2-7,9H2,1H3;1H3,(H,3,4);/q-1;;+1. The summed E-state index contributed by atoms with van der Waals surface area (Å²) in [7, 11) is 0. The van der Waals surface area contributed by atoms with Crippen LogP contribution in [0.3, 0.4) is 0 Å². The summed E-state index contributed by atoms with van der Waals surface area (Å²) in [5.74, 6) is -0.162. The number of carboxylic acid groups (broad SMARTS) is 1. The van der Waals surface area contributed by atoms with Crippen molar-refractivity contribution in [3.05, 3.63) is 6.92 Å². The van der Waals surface area contributed by atoms with E-state index in [1.807, 2.05) is 0 Å². The van der Waals surface area contributed by atoms with Gasteiger partial charge in [-0.3, -0.25) is 4.79 Å². The number of rotatable bonds is 5. The minimum absolute atomic E-state index is 0. The molecule has 0 spiro atoms. The van der Waals surface area contributed by atoms with Crippen molar-refractivity contribution >= 4 is 5.97 Å². The van der Waals surface area contributed by atoms with Crippen LogP contribution in [0.4, 0.5) is 0 Å². The van der Waals surface area contributed by atoms with Gasteiger partial charge in [-0.1, -0.05) is 32.1 Å². The van der Waals surface area contributed by atoms with E-state index in [2.05, 4.69) is 13.8 Å². The van der Waals surface area contributed by atoms with E-state index in [9.17, 15) is 0 Å². The third-order valence-electron chi connectivity index (χ3n) is 1.71. The summed E-state index contributed by atoms with van der Waals surface area (Å²) < 4.78 is 0. The van der Waals surface area contributed by atoms with Crippen molar-refractivity contribution in [3.63, 3.8) is 0 Å². The summed E-state index contributed by atoms with van der Waals surface area (Å²) in [6, 6.07) is 0. The van der Waals surface area contributed by atoms with Gasteiger partial charge in [0.05, 0.1) is 0 Å². The first-order chi connectivity index (χ1) is 6.08. The smallest absolute Gasteiger partial charge is 0.481 e. The number of nitrogens with two attached hydrogens (primary N) is 1. The summed E-state index contributed by atoms with van der Waals surface area (Å²) in [4.78, 5) is 9.00. The molecule has 0 aliphatic heterocycles. The quantitative estimate of drug-likeness (QED) is 0.456. The maximum atomic E-state index is 9.00. The minimum atomic E-state index is -0.833. The number of carbonyl (C=O) groups is 1. The van der Waals surface area contributed by atoms with E-state index < -0.39 is 5.97 Å². The summed E-state index contributed by atoms with van der Waals surface area (Å²) >= 11 is 0. The molecular weight excluding hydrogens is 189 g/mol. The van der Waals surface area contributed by atoms with Gasteiger partial charge in [0, 0.05) is 6.92 Å². The van der Waals surface area contributed by atoms with E-state index in [0.717, 1.165) is 19.9 Å². The number of hydrogen-bond acceptors (Lipinski definition) is 2. The topological polar surface area (TPSA) is 63.3 Å². The SMILES string of the molecule is CC(=O)O.[CH2-]CC(CN)CCCC.[Na+]. The second-order valence-corrected chi connectivity index (χ2v) is 3.05. The second-order valence-electron chi connectivity index (χ2n) is 3.05. The number of aliphatic carboxylic acids is 1. The maximum absolute atomic E-state index is 9.00. The molecule has 80 valence electrons. The monoisotopic (exact) mass is 211 g/mol. The predicted molar refractivity (Wildman–Crippen MR) is 55.4 cm³/mol. The van der Waals surface area contributed by atoms with Crippen molar-refractivity contribution in [1.82, 2.24) is 0 Å². The maximum Gasteiger partial charge on any atom is 1.00 e. The molecule has 0 amide bonds. The van der Waals surface area contributed by atoms with Gasteiger partial charge >= 0.3 is 29.6 Å². The van der Waals surface area contributed by atoms with Crippen LogP contribution in [0.25, 0.3) is 0 Å². The van der Waals surface area contributed by atoms with Crippen molar-refractivity contribution in [1.29, 1.82) is 0 Å². The van der Waals surface area contributed by atoms with E-state index in [4.69, 9.17) is 15.6 Å². The first-order valence-corrected chi connectivity index (χ1v) is 4.77. The summed E-state index contributed by atoms with van der Waals surface area (Å²) in [6.07, 6.45) is 4.83. The second kappa shape index (κ2) is 15.9. The Bertz CT molecular complexity index is 113. The van der Waals surface area contributed by atoms with Crippen LogP contribution in [0.5, 0.6) is 0 Å². The fourth-order valence-corrected chi connectivity index (χ4v) is 0.873. The molecular formula is C10H22NNaO2. The average molecular weight is 211 g/mol. The van der Waals surface area contributed by atoms with Crippen LogP contribution >= 0.6 is 0 Å². The van der Waals surface area contributed by atoms with Crippen LogP contribution in [0.15, 0.2) is 0 Å². The first kappa shape index (κ1) is 19.9. The van der Waals surface area contributed by atoms with Crippen molar-refractivity contribution in [2.75, 3.05) is 6.54 Å². The zero-order valence-corrected chi connectivity index (χ0v) is 11.8. The van der Waals surface area contributed by atoms with Crippen LogP contribution in [-0.4, -0.2) is 17.6 Å². The van der Waals surface area contributed by atoms with E-state index in [-0.39, 0.29) is 29.6 Å². The Labute approximate surface area is 110 Å². The molecule has 0 heterocycles. The molecule has 14 heavy (non-hydrogen) atoms. The van der Waals surface area contributed by atoms with Crippen molar-refractivity contribution < 1.29 is 39.5 Å². The molecule has 3 N–H and O–H groups in total. The fraction of sp³-hybridized carbons (Fsp3) is 0.800. The van der Waals surface area contributed by atoms with Gasteiger partial charge in [-0.05, 0) is 6.54 Å². The van der Waals surface area contributed by atoms with E-state index >= 15 is 0 Å². The third-order valence-corrected chi connectivity index (χ3v) is 1.71. The molecule has 0 radical (unpaired) electrons. The van der Waals surface area contributed by atoms with E-state index in [1.165, 1.54) is 19.3 Å².